The summed E-state index contributed by atoms with van der Waals surface area (Å²) in [5, 5.41) is 10.6. The van der Waals surface area contributed by atoms with Crippen LogP contribution in [0.1, 0.15) is 33.6 Å². The van der Waals surface area contributed by atoms with Gasteiger partial charge in [0.25, 0.3) is 0 Å². The Morgan fingerprint density at radius 3 is 2.82 bits per heavy atom. The number of carbonyl (C=O) groups is 1. The summed E-state index contributed by atoms with van der Waals surface area (Å²) in [5.74, 6) is 0.751. The van der Waals surface area contributed by atoms with E-state index in [2.05, 4.69) is 25.2 Å². The second-order valence-electron chi connectivity index (χ2n) is 6.32. The fourth-order valence-corrected chi connectivity index (χ4v) is 4.63. The van der Waals surface area contributed by atoms with Gasteiger partial charge in [0.05, 0.1) is 5.41 Å². The van der Waals surface area contributed by atoms with E-state index in [9.17, 15) is 9.90 Å². The van der Waals surface area contributed by atoms with Crippen LogP contribution in [0, 0.1) is 23.2 Å². The minimum Gasteiger partial charge on any atom is -0.382 e. The third-order valence-corrected chi connectivity index (χ3v) is 5.16. The number of carbonyl (C=O) groups excluding carboxylic acids is 1. The van der Waals surface area contributed by atoms with Crippen LogP contribution < -0.4 is 0 Å². The Morgan fingerprint density at radius 1 is 1.41 bits per heavy atom. The second-order valence-corrected chi connectivity index (χ2v) is 6.32. The maximum atomic E-state index is 12.5. The fourth-order valence-electron chi connectivity index (χ4n) is 4.63. The molecule has 0 heterocycles. The topological polar surface area (TPSA) is 37.3 Å². The van der Waals surface area contributed by atoms with Crippen LogP contribution >= 0.6 is 0 Å². The molecule has 5 atom stereocenters. The first-order chi connectivity index (χ1) is 7.89. The van der Waals surface area contributed by atoms with Crippen LogP contribution in [0.25, 0.3) is 0 Å². The van der Waals surface area contributed by atoms with Gasteiger partial charge in [-0.15, -0.1) is 0 Å². The van der Waals surface area contributed by atoms with E-state index in [4.69, 9.17) is 0 Å². The lowest BCUT2D eigenvalue weighted by molar-refractivity contribution is -0.167. The zero-order chi connectivity index (χ0) is 12.4. The van der Waals surface area contributed by atoms with Crippen LogP contribution in [0.2, 0.25) is 0 Å². The summed E-state index contributed by atoms with van der Waals surface area (Å²) in [6.45, 7) is 5.78. The quantitative estimate of drug-likeness (QED) is 0.651. The molecule has 4 rings (SSSR count). The predicted molar refractivity (Wildman–Crippen MR) is 66.3 cm³/mol. The van der Waals surface area contributed by atoms with Crippen molar-refractivity contribution in [3.8, 4) is 0 Å². The van der Waals surface area contributed by atoms with Crippen LogP contribution in [-0.4, -0.2) is 16.5 Å². The van der Waals surface area contributed by atoms with Crippen molar-refractivity contribution in [1.82, 2.24) is 0 Å². The molecular weight excluding hydrogens is 212 g/mol. The van der Waals surface area contributed by atoms with Crippen LogP contribution in [0.3, 0.4) is 0 Å². The van der Waals surface area contributed by atoms with Gasteiger partial charge in [0.2, 0.25) is 0 Å². The number of hydrogen-bond acceptors (Lipinski definition) is 2. The van der Waals surface area contributed by atoms with Gasteiger partial charge in [-0.3, -0.25) is 4.79 Å². The number of rotatable bonds is 0. The molecule has 1 saturated carbocycles. The molecule has 0 aliphatic heterocycles. The van der Waals surface area contributed by atoms with Crippen molar-refractivity contribution in [1.29, 1.82) is 0 Å². The summed E-state index contributed by atoms with van der Waals surface area (Å²) in [6.07, 6.45) is 8.67. The summed E-state index contributed by atoms with van der Waals surface area (Å²) < 4.78 is 0. The van der Waals surface area contributed by atoms with Gasteiger partial charge in [0, 0.05) is 5.92 Å². The first kappa shape index (κ1) is 11.2. The van der Waals surface area contributed by atoms with Gasteiger partial charge >= 0.3 is 0 Å². The summed E-state index contributed by atoms with van der Waals surface area (Å²) in [5.41, 5.74) is -0.460. The van der Waals surface area contributed by atoms with E-state index in [1.807, 2.05) is 6.92 Å². The molecule has 4 aliphatic carbocycles. The lowest BCUT2D eigenvalue weighted by Crippen LogP contribution is -2.64. The van der Waals surface area contributed by atoms with E-state index in [0.29, 0.717) is 5.92 Å². The van der Waals surface area contributed by atoms with Crippen molar-refractivity contribution in [3.05, 3.63) is 23.8 Å². The summed E-state index contributed by atoms with van der Waals surface area (Å²) in [7, 11) is 0. The molecule has 17 heavy (non-hydrogen) atoms. The molecule has 2 bridgehead atoms. The molecule has 1 N–H and O–H groups in total. The van der Waals surface area contributed by atoms with E-state index in [1.54, 1.807) is 6.92 Å². The highest BCUT2D eigenvalue weighted by molar-refractivity contribution is 5.97. The SMILES string of the molecule is CC1=C[C@]2(C)C(=O)[C@@](C)(O)[C@H]1[C@@H]1CCC=C[C@@H]12. The number of Topliss-reactive ketones (excluding diaryl/α,β-unsaturated/α-hetero) is 1. The molecule has 0 unspecified atom stereocenters. The molecule has 2 heteroatoms. The summed E-state index contributed by atoms with van der Waals surface area (Å²) >= 11 is 0. The lowest BCUT2D eigenvalue weighted by Gasteiger charge is -2.58. The Hall–Kier alpha value is -0.890. The Kier molecular flexibility index (Phi) is 2.05. The fraction of sp³-hybridized carbons (Fsp3) is 0.667. The molecule has 0 spiro atoms. The first-order valence-corrected chi connectivity index (χ1v) is 6.52. The molecule has 0 amide bonds. The van der Waals surface area contributed by atoms with E-state index in [0.717, 1.165) is 12.8 Å². The minimum atomic E-state index is -1.17. The van der Waals surface area contributed by atoms with Gasteiger partial charge in [0.15, 0.2) is 5.78 Å². The van der Waals surface area contributed by atoms with E-state index in [-0.39, 0.29) is 17.6 Å². The smallest absolute Gasteiger partial charge is 0.174 e. The Balaban J connectivity index is 2.22. The van der Waals surface area contributed by atoms with Gasteiger partial charge in [-0.2, -0.15) is 0 Å². The zero-order valence-corrected chi connectivity index (χ0v) is 10.7. The van der Waals surface area contributed by atoms with Gasteiger partial charge in [-0.1, -0.05) is 23.8 Å². The number of aliphatic hydroxyl groups is 1. The normalized spacial score (nSPS) is 52.4. The molecule has 0 saturated heterocycles. The maximum Gasteiger partial charge on any atom is 0.174 e. The van der Waals surface area contributed by atoms with Crippen molar-refractivity contribution < 1.29 is 9.90 Å². The minimum absolute atomic E-state index is 0.00778. The number of hydrogen-bond donors (Lipinski definition) is 1. The molecule has 4 aliphatic rings. The highest BCUT2D eigenvalue weighted by Crippen LogP contribution is 2.59. The molecule has 2 nitrogen and oxygen atoms in total. The molecule has 1 fully saturated rings. The average molecular weight is 232 g/mol. The standard InChI is InChI=1S/C15H20O2/c1-9-8-14(2)11-7-5-4-6-10(11)12(9)15(3,17)13(14)16/h5,7-8,10-12,17H,4,6H2,1-3H3/t10-,11+,12-,14+,15+/m1/s1. The highest BCUT2D eigenvalue weighted by Gasteiger charge is 2.63. The van der Waals surface area contributed by atoms with Crippen LogP contribution in [-0.2, 0) is 4.79 Å². The Morgan fingerprint density at radius 2 is 2.12 bits per heavy atom. The van der Waals surface area contributed by atoms with Crippen molar-refractivity contribution in [2.75, 3.05) is 0 Å². The van der Waals surface area contributed by atoms with Crippen molar-refractivity contribution >= 4 is 5.78 Å². The number of ketones is 1. The van der Waals surface area contributed by atoms with Gasteiger partial charge in [-0.05, 0) is 45.4 Å². The van der Waals surface area contributed by atoms with Crippen LogP contribution in [0.4, 0.5) is 0 Å². The molecule has 0 radical (unpaired) electrons. The molecule has 0 aromatic heterocycles. The van der Waals surface area contributed by atoms with Crippen LogP contribution in [0.15, 0.2) is 23.8 Å². The van der Waals surface area contributed by atoms with Gasteiger partial charge in [-0.25, -0.2) is 0 Å². The first-order valence-electron chi connectivity index (χ1n) is 6.52. The Labute approximate surface area is 102 Å². The third-order valence-electron chi connectivity index (χ3n) is 5.16. The average Bonchev–Trinajstić information content (AvgIpc) is 2.26. The highest BCUT2D eigenvalue weighted by atomic mass is 16.3. The monoisotopic (exact) mass is 232 g/mol. The molecule has 0 aromatic rings. The third kappa shape index (κ3) is 1.17. The number of allylic oxidation sites excluding steroid dienone is 3. The maximum absolute atomic E-state index is 12.5. The second kappa shape index (κ2) is 3.11. The van der Waals surface area contributed by atoms with Gasteiger partial charge < -0.3 is 5.11 Å². The van der Waals surface area contributed by atoms with E-state index < -0.39 is 11.0 Å². The van der Waals surface area contributed by atoms with Crippen molar-refractivity contribution in [2.45, 2.75) is 39.2 Å². The number of fused-ring (bicyclic) bond motifs is 1. The van der Waals surface area contributed by atoms with Gasteiger partial charge in [0.1, 0.15) is 5.60 Å². The van der Waals surface area contributed by atoms with E-state index >= 15 is 0 Å². The molecule has 0 aromatic carbocycles. The van der Waals surface area contributed by atoms with Crippen molar-refractivity contribution in [2.24, 2.45) is 23.2 Å². The zero-order valence-electron chi connectivity index (χ0n) is 10.7. The summed E-state index contributed by atoms with van der Waals surface area (Å²) in [6, 6.07) is 0. The largest absolute Gasteiger partial charge is 0.382 e. The van der Waals surface area contributed by atoms with E-state index in [1.165, 1.54) is 5.57 Å². The Bertz CT molecular complexity index is 444. The van der Waals surface area contributed by atoms with Crippen molar-refractivity contribution in [3.63, 3.8) is 0 Å². The lowest BCUT2D eigenvalue weighted by atomic mass is 9.46. The molecule has 92 valence electrons. The predicted octanol–water partition coefficient (Wildman–Crippen LogP) is 2.48. The van der Waals surface area contributed by atoms with Crippen LogP contribution in [0.5, 0.6) is 0 Å². The summed E-state index contributed by atoms with van der Waals surface area (Å²) in [4.78, 5) is 12.5. The molecular formula is C15H20O2.